The number of hydrogen-bond donors (Lipinski definition) is 3. The van der Waals surface area contributed by atoms with Crippen molar-refractivity contribution in [2.45, 2.75) is 25.3 Å². The molecule has 2 aromatic rings. The van der Waals surface area contributed by atoms with E-state index in [0.29, 0.717) is 18.4 Å². The number of nitrogens with two attached hydrogens (primary N) is 2. The molecule has 4 rings (SSSR count). The molecule has 0 aliphatic carbocycles. The number of anilines is 1. The van der Waals surface area contributed by atoms with Gasteiger partial charge in [0.2, 0.25) is 0 Å². The first-order valence-electron chi connectivity index (χ1n) is 10.4. The lowest BCUT2D eigenvalue weighted by Gasteiger charge is -2.26. The number of nitrogens with zero attached hydrogens (tertiary/aromatic N) is 3. The number of benzene rings is 1. The molecule has 30 heavy (non-hydrogen) atoms. The number of aromatic nitrogens is 1. The van der Waals surface area contributed by atoms with Gasteiger partial charge in [-0.25, -0.2) is 4.98 Å². The Morgan fingerprint density at radius 1 is 1.27 bits per heavy atom. The molecule has 3 heterocycles. The Kier molecular flexibility index (Phi) is 5.81. The van der Waals surface area contributed by atoms with Crippen LogP contribution in [0.2, 0.25) is 0 Å². The summed E-state index contributed by atoms with van der Waals surface area (Å²) in [5.41, 5.74) is 17.3. The standard InChI is InChI=1S/C23H28N6O/c1-29-8-5-19(6-9-29)27-14-18(12-24)17-11-21(22(25)28-13-17)15-2-3-20-16(10-15)4-7-26-23(20)30/h2-3,10-14,19H,4-9,24H2,1H3,(H2,25,28)(H,26,30). The van der Waals surface area contributed by atoms with Crippen LogP contribution in [-0.4, -0.2) is 54.7 Å². The average Bonchev–Trinajstić information content (AvgIpc) is 2.76. The van der Waals surface area contributed by atoms with Crippen LogP contribution in [0.1, 0.15) is 34.3 Å². The highest BCUT2D eigenvalue weighted by atomic mass is 16.1. The predicted molar refractivity (Wildman–Crippen MR) is 121 cm³/mol. The summed E-state index contributed by atoms with van der Waals surface area (Å²) in [5.74, 6) is 0.420. The summed E-state index contributed by atoms with van der Waals surface area (Å²) in [7, 11) is 2.14. The van der Waals surface area contributed by atoms with Crippen LogP contribution in [-0.2, 0) is 6.42 Å². The molecular weight excluding hydrogens is 376 g/mol. The third-order valence-corrected chi connectivity index (χ3v) is 5.88. The summed E-state index contributed by atoms with van der Waals surface area (Å²) in [6, 6.07) is 8.12. The molecule has 1 aromatic carbocycles. The first-order valence-corrected chi connectivity index (χ1v) is 10.4. The second kappa shape index (κ2) is 8.67. The summed E-state index contributed by atoms with van der Waals surface area (Å²) < 4.78 is 0. The lowest BCUT2D eigenvalue weighted by molar-refractivity contribution is 0.0946. The van der Waals surface area contributed by atoms with Gasteiger partial charge in [0.15, 0.2) is 0 Å². The number of fused-ring (bicyclic) bond motifs is 1. The molecule has 1 amide bonds. The lowest BCUT2D eigenvalue weighted by atomic mass is 9.94. The number of nitrogen functional groups attached to an aromatic ring is 1. The zero-order valence-electron chi connectivity index (χ0n) is 17.3. The number of amides is 1. The third-order valence-electron chi connectivity index (χ3n) is 5.88. The number of piperidine rings is 1. The fourth-order valence-electron chi connectivity index (χ4n) is 4.00. The van der Waals surface area contributed by atoms with E-state index < -0.39 is 0 Å². The molecule has 5 N–H and O–H groups in total. The van der Waals surface area contributed by atoms with Crippen LogP contribution in [0.15, 0.2) is 41.7 Å². The zero-order chi connectivity index (χ0) is 21.1. The van der Waals surface area contributed by atoms with E-state index in [0.717, 1.165) is 65.7 Å². The second-order valence-electron chi connectivity index (χ2n) is 7.97. The Bertz CT molecular complexity index is 1000. The summed E-state index contributed by atoms with van der Waals surface area (Å²) in [6.45, 7) is 2.78. The summed E-state index contributed by atoms with van der Waals surface area (Å²) in [4.78, 5) is 23.5. The minimum atomic E-state index is -0.0267. The number of carbonyl (C=O) groups excluding carboxylic acids is 1. The molecule has 0 atom stereocenters. The Morgan fingerprint density at radius 3 is 2.83 bits per heavy atom. The summed E-state index contributed by atoms with van der Waals surface area (Å²) in [6.07, 6.45) is 8.05. The topological polar surface area (TPSA) is 110 Å². The van der Waals surface area contributed by atoms with Gasteiger partial charge in [-0.1, -0.05) is 12.1 Å². The van der Waals surface area contributed by atoms with E-state index in [2.05, 4.69) is 22.2 Å². The summed E-state index contributed by atoms with van der Waals surface area (Å²) in [5, 5.41) is 2.87. The molecular formula is C23H28N6O. The minimum absolute atomic E-state index is 0.0267. The monoisotopic (exact) mass is 404 g/mol. The van der Waals surface area contributed by atoms with Crippen molar-refractivity contribution in [3.05, 3.63) is 53.4 Å². The molecule has 1 fully saturated rings. The predicted octanol–water partition coefficient (Wildman–Crippen LogP) is 2.08. The third kappa shape index (κ3) is 4.21. The van der Waals surface area contributed by atoms with Crippen molar-refractivity contribution in [1.29, 1.82) is 0 Å². The molecule has 1 saturated heterocycles. The first-order chi connectivity index (χ1) is 14.5. The number of rotatable bonds is 4. The second-order valence-corrected chi connectivity index (χ2v) is 7.97. The van der Waals surface area contributed by atoms with Gasteiger partial charge in [-0.15, -0.1) is 0 Å². The van der Waals surface area contributed by atoms with E-state index in [9.17, 15) is 4.79 Å². The van der Waals surface area contributed by atoms with Gasteiger partial charge in [-0.05, 0) is 62.7 Å². The molecule has 0 spiro atoms. The van der Waals surface area contributed by atoms with Crippen molar-refractivity contribution in [1.82, 2.24) is 15.2 Å². The van der Waals surface area contributed by atoms with Gasteiger partial charge in [-0.3, -0.25) is 9.79 Å². The normalized spacial score (nSPS) is 18.4. The fourth-order valence-corrected chi connectivity index (χ4v) is 4.00. The molecule has 7 nitrogen and oxygen atoms in total. The van der Waals surface area contributed by atoms with Crippen LogP contribution in [0.4, 0.5) is 5.82 Å². The Hall–Kier alpha value is -3.19. The van der Waals surface area contributed by atoms with Gasteiger partial charge in [0.1, 0.15) is 5.82 Å². The molecule has 7 heteroatoms. The molecule has 0 radical (unpaired) electrons. The number of pyridine rings is 1. The van der Waals surface area contributed by atoms with Crippen molar-refractivity contribution in [3.63, 3.8) is 0 Å². The van der Waals surface area contributed by atoms with E-state index in [1.165, 1.54) is 0 Å². The van der Waals surface area contributed by atoms with E-state index in [1.54, 1.807) is 12.4 Å². The quantitative estimate of drug-likeness (QED) is 0.676. The maximum Gasteiger partial charge on any atom is 0.251 e. The van der Waals surface area contributed by atoms with Crippen molar-refractivity contribution < 1.29 is 4.79 Å². The molecule has 156 valence electrons. The summed E-state index contributed by atoms with van der Waals surface area (Å²) >= 11 is 0. The molecule has 0 unspecified atom stereocenters. The minimum Gasteiger partial charge on any atom is -0.404 e. The van der Waals surface area contributed by atoms with E-state index in [-0.39, 0.29) is 5.91 Å². The van der Waals surface area contributed by atoms with Crippen LogP contribution in [0.25, 0.3) is 16.7 Å². The van der Waals surface area contributed by atoms with Gasteiger partial charge in [0.05, 0.1) is 6.04 Å². The average molecular weight is 405 g/mol. The molecule has 2 aliphatic heterocycles. The van der Waals surface area contributed by atoms with Crippen LogP contribution < -0.4 is 16.8 Å². The lowest BCUT2D eigenvalue weighted by Crippen LogP contribution is -2.32. The molecule has 0 bridgehead atoms. The van der Waals surface area contributed by atoms with Crippen molar-refractivity contribution in [2.75, 3.05) is 32.4 Å². The Morgan fingerprint density at radius 2 is 2.07 bits per heavy atom. The highest BCUT2D eigenvalue weighted by Crippen LogP contribution is 2.30. The number of aliphatic imine (C=N–C) groups is 1. The highest BCUT2D eigenvalue weighted by Gasteiger charge is 2.18. The zero-order valence-corrected chi connectivity index (χ0v) is 17.3. The van der Waals surface area contributed by atoms with Gasteiger partial charge in [0.25, 0.3) is 5.91 Å². The number of hydrogen-bond acceptors (Lipinski definition) is 6. The van der Waals surface area contributed by atoms with Gasteiger partial charge >= 0.3 is 0 Å². The van der Waals surface area contributed by atoms with Crippen LogP contribution in [0.5, 0.6) is 0 Å². The fraction of sp³-hybridized carbons (Fsp3) is 0.348. The Labute approximate surface area is 176 Å². The smallest absolute Gasteiger partial charge is 0.251 e. The molecule has 2 aliphatic rings. The van der Waals surface area contributed by atoms with Crippen LogP contribution in [0, 0.1) is 0 Å². The van der Waals surface area contributed by atoms with Crippen molar-refractivity contribution in [3.8, 4) is 11.1 Å². The van der Waals surface area contributed by atoms with Crippen LogP contribution in [0.3, 0.4) is 0 Å². The van der Waals surface area contributed by atoms with E-state index in [4.69, 9.17) is 16.5 Å². The number of allylic oxidation sites excluding steroid dienone is 1. The first kappa shape index (κ1) is 20.1. The van der Waals surface area contributed by atoms with E-state index in [1.807, 2.05) is 30.5 Å². The molecule has 0 saturated carbocycles. The highest BCUT2D eigenvalue weighted by molar-refractivity contribution is 6.10. The maximum atomic E-state index is 12.0. The van der Waals surface area contributed by atoms with Crippen LogP contribution >= 0.6 is 0 Å². The van der Waals surface area contributed by atoms with Gasteiger partial charge in [-0.2, -0.15) is 0 Å². The largest absolute Gasteiger partial charge is 0.404 e. The van der Waals surface area contributed by atoms with Crippen molar-refractivity contribution >= 4 is 23.5 Å². The van der Waals surface area contributed by atoms with Gasteiger partial charge < -0.3 is 21.7 Å². The number of likely N-dealkylation sites (tertiary alicyclic amines) is 1. The molecule has 1 aromatic heterocycles. The van der Waals surface area contributed by atoms with Crippen molar-refractivity contribution in [2.24, 2.45) is 10.7 Å². The SMILES string of the molecule is CN1CCC(N=CC(=CN)c2cnc(N)c(-c3ccc4c(c3)CCNC4=O)c2)CC1. The van der Waals surface area contributed by atoms with E-state index >= 15 is 0 Å². The maximum absolute atomic E-state index is 12.0. The number of nitrogens with one attached hydrogen (secondary N) is 1. The Balaban J connectivity index is 1.60. The van der Waals surface area contributed by atoms with Gasteiger partial charge in [0, 0.05) is 47.4 Å². The number of carbonyl (C=O) groups is 1.